The molecule has 2 atom stereocenters. The summed E-state index contributed by atoms with van der Waals surface area (Å²) in [5, 5.41) is 3.67. The fraction of sp³-hybridized carbons (Fsp3) is 0.421. The molecule has 2 amide bonds. The number of ether oxygens (including phenoxy) is 2. The summed E-state index contributed by atoms with van der Waals surface area (Å²) >= 11 is 4.39. The molecule has 182 valence electrons. The maximum Gasteiger partial charge on any atom is 0.416 e. The van der Waals surface area contributed by atoms with Crippen LogP contribution in [-0.4, -0.2) is 59.6 Å². The third-order valence-corrected chi connectivity index (χ3v) is 5.18. The molecule has 0 aliphatic heterocycles. The van der Waals surface area contributed by atoms with E-state index in [4.69, 9.17) is 4.74 Å². The lowest BCUT2D eigenvalue weighted by molar-refractivity contribution is -0.144. The van der Waals surface area contributed by atoms with E-state index in [9.17, 15) is 37.1 Å². The highest BCUT2D eigenvalue weighted by molar-refractivity contribution is 8.14. The van der Waals surface area contributed by atoms with E-state index in [-0.39, 0.29) is 11.5 Å². The van der Waals surface area contributed by atoms with E-state index in [2.05, 4.69) is 28.0 Å². The van der Waals surface area contributed by atoms with Crippen LogP contribution in [0.5, 0.6) is 5.75 Å². The van der Waals surface area contributed by atoms with Crippen molar-refractivity contribution >= 4 is 53.3 Å². The summed E-state index contributed by atoms with van der Waals surface area (Å²) in [4.78, 5) is 59.2. The van der Waals surface area contributed by atoms with Crippen molar-refractivity contribution in [3.8, 4) is 5.75 Å². The number of amides is 2. The first-order valence-electron chi connectivity index (χ1n) is 9.13. The lowest BCUT2D eigenvalue weighted by Gasteiger charge is -2.18. The van der Waals surface area contributed by atoms with Gasteiger partial charge in [-0.05, 0) is 18.2 Å². The molecule has 0 saturated carbocycles. The number of esters is 2. The SMILES string of the molecule is COC(=O)C(CSC(=O)c1ccc(C(F)(F)F)cc1OC(=O)C(CS)NC(C)=O)NC(C)=O. The highest BCUT2D eigenvalue weighted by Gasteiger charge is 2.33. The first-order valence-corrected chi connectivity index (χ1v) is 10.7. The summed E-state index contributed by atoms with van der Waals surface area (Å²) in [7, 11) is 1.07. The molecule has 1 aromatic rings. The Morgan fingerprint density at radius 3 is 2.09 bits per heavy atom. The number of hydrogen-bond acceptors (Lipinski definition) is 9. The Morgan fingerprint density at radius 2 is 1.61 bits per heavy atom. The number of carbonyl (C=O) groups excluding carboxylic acids is 5. The molecule has 9 nitrogen and oxygen atoms in total. The van der Waals surface area contributed by atoms with Gasteiger partial charge in [0, 0.05) is 25.4 Å². The molecule has 0 aliphatic rings. The van der Waals surface area contributed by atoms with E-state index in [1.807, 2.05) is 0 Å². The quantitative estimate of drug-likeness (QED) is 0.260. The summed E-state index contributed by atoms with van der Waals surface area (Å²) in [5.74, 6) is -4.36. The van der Waals surface area contributed by atoms with Crippen molar-refractivity contribution in [1.29, 1.82) is 0 Å². The van der Waals surface area contributed by atoms with Crippen LogP contribution in [0, 0.1) is 0 Å². The number of nitrogens with one attached hydrogen (secondary N) is 2. The number of benzene rings is 1. The van der Waals surface area contributed by atoms with Gasteiger partial charge < -0.3 is 20.1 Å². The monoisotopic (exact) mass is 510 g/mol. The molecule has 1 aromatic carbocycles. The first kappa shape index (κ1) is 28.3. The zero-order valence-corrected chi connectivity index (χ0v) is 19.4. The Labute approximate surface area is 196 Å². The van der Waals surface area contributed by atoms with Crippen molar-refractivity contribution in [2.24, 2.45) is 0 Å². The van der Waals surface area contributed by atoms with Gasteiger partial charge >= 0.3 is 18.1 Å². The van der Waals surface area contributed by atoms with Gasteiger partial charge in [0.15, 0.2) is 0 Å². The predicted octanol–water partition coefficient (Wildman–Crippen LogP) is 1.60. The maximum absolute atomic E-state index is 13.1. The second-order valence-electron chi connectivity index (χ2n) is 6.44. The van der Waals surface area contributed by atoms with Crippen LogP contribution >= 0.6 is 24.4 Å². The molecule has 0 saturated heterocycles. The number of thioether (sulfide) groups is 1. The molecule has 0 aromatic heterocycles. The van der Waals surface area contributed by atoms with Crippen LogP contribution in [0.3, 0.4) is 0 Å². The Bertz CT molecular complexity index is 925. The van der Waals surface area contributed by atoms with Crippen molar-refractivity contribution in [2.45, 2.75) is 32.1 Å². The molecule has 0 spiro atoms. The molecule has 0 radical (unpaired) electrons. The van der Waals surface area contributed by atoms with Crippen LogP contribution in [0.4, 0.5) is 13.2 Å². The Kier molecular flexibility index (Phi) is 10.7. The van der Waals surface area contributed by atoms with Crippen LogP contribution < -0.4 is 15.4 Å². The third kappa shape index (κ3) is 8.96. The standard InChI is InChI=1S/C19H21F3N2O7S2/c1-9(25)23-13(7-32)17(28)31-15-6-11(19(20,21)22)4-5-12(15)18(29)33-8-14(16(27)30-3)24-10(2)26/h4-6,13-14,32H,7-8H2,1-3H3,(H,23,25)(H,24,26). The number of hydrogen-bond donors (Lipinski definition) is 3. The zero-order chi connectivity index (χ0) is 25.3. The fourth-order valence-electron chi connectivity index (χ4n) is 2.35. The highest BCUT2D eigenvalue weighted by Crippen LogP contribution is 2.34. The van der Waals surface area contributed by atoms with Gasteiger partial charge in [-0.25, -0.2) is 9.59 Å². The molecule has 2 N–H and O–H groups in total. The predicted molar refractivity (Wildman–Crippen MR) is 115 cm³/mol. The smallest absolute Gasteiger partial charge is 0.416 e. The minimum Gasteiger partial charge on any atom is -0.467 e. The van der Waals surface area contributed by atoms with Crippen molar-refractivity contribution in [2.75, 3.05) is 18.6 Å². The number of methoxy groups -OCH3 is 1. The number of rotatable bonds is 9. The van der Waals surface area contributed by atoms with Gasteiger partial charge in [0.05, 0.1) is 18.2 Å². The molecule has 14 heteroatoms. The molecule has 0 fully saturated rings. The Morgan fingerprint density at radius 1 is 1.03 bits per heavy atom. The summed E-state index contributed by atoms with van der Waals surface area (Å²) < 4.78 is 49.0. The van der Waals surface area contributed by atoms with Crippen LogP contribution in [0.25, 0.3) is 0 Å². The van der Waals surface area contributed by atoms with Crippen LogP contribution in [0.2, 0.25) is 0 Å². The molecular formula is C19H21F3N2O7S2. The minimum absolute atomic E-state index is 0.215. The first-order chi connectivity index (χ1) is 15.3. The van der Waals surface area contributed by atoms with Crippen molar-refractivity contribution in [1.82, 2.24) is 10.6 Å². The molecule has 0 aliphatic carbocycles. The van der Waals surface area contributed by atoms with E-state index in [0.717, 1.165) is 27.0 Å². The lowest BCUT2D eigenvalue weighted by Crippen LogP contribution is -2.43. The molecule has 0 bridgehead atoms. The second kappa shape index (κ2) is 12.5. The van der Waals surface area contributed by atoms with Gasteiger partial charge in [-0.15, -0.1) is 0 Å². The Balaban J connectivity index is 3.21. The number of alkyl halides is 3. The van der Waals surface area contributed by atoms with E-state index >= 15 is 0 Å². The third-order valence-electron chi connectivity index (χ3n) is 3.83. The summed E-state index contributed by atoms with van der Waals surface area (Å²) in [6.45, 7) is 2.26. The zero-order valence-electron chi connectivity index (χ0n) is 17.6. The van der Waals surface area contributed by atoms with Gasteiger partial charge in [0.2, 0.25) is 16.9 Å². The maximum atomic E-state index is 13.1. The van der Waals surface area contributed by atoms with Crippen LogP contribution in [0.15, 0.2) is 18.2 Å². The molecule has 2 unspecified atom stereocenters. The van der Waals surface area contributed by atoms with E-state index < -0.39 is 64.0 Å². The van der Waals surface area contributed by atoms with Crippen molar-refractivity contribution in [3.05, 3.63) is 29.3 Å². The van der Waals surface area contributed by atoms with Crippen molar-refractivity contribution in [3.63, 3.8) is 0 Å². The number of halogens is 3. The molecule has 1 rings (SSSR count). The van der Waals surface area contributed by atoms with Crippen LogP contribution in [0.1, 0.15) is 29.8 Å². The normalized spacial score (nSPS) is 12.8. The van der Waals surface area contributed by atoms with Gasteiger partial charge in [-0.1, -0.05) is 11.8 Å². The van der Waals surface area contributed by atoms with E-state index in [0.29, 0.717) is 23.9 Å². The van der Waals surface area contributed by atoms with Crippen LogP contribution in [-0.2, 0) is 30.1 Å². The summed E-state index contributed by atoms with van der Waals surface area (Å²) in [5.41, 5.74) is -1.58. The number of thiol groups is 1. The lowest BCUT2D eigenvalue weighted by atomic mass is 10.1. The highest BCUT2D eigenvalue weighted by atomic mass is 32.2. The van der Waals surface area contributed by atoms with E-state index in [1.54, 1.807) is 0 Å². The van der Waals surface area contributed by atoms with E-state index in [1.165, 1.54) is 0 Å². The number of carbonyl (C=O) groups is 5. The fourth-order valence-corrected chi connectivity index (χ4v) is 3.45. The van der Waals surface area contributed by atoms with Gasteiger partial charge in [0.1, 0.15) is 17.8 Å². The topological polar surface area (TPSA) is 128 Å². The molecular weight excluding hydrogens is 489 g/mol. The van der Waals surface area contributed by atoms with Crippen molar-refractivity contribution < 1.29 is 46.6 Å². The minimum atomic E-state index is -4.79. The van der Waals surface area contributed by atoms with Gasteiger partial charge in [-0.3, -0.25) is 14.4 Å². The molecule has 33 heavy (non-hydrogen) atoms. The Hall–Kier alpha value is -2.74. The average Bonchev–Trinajstić information content (AvgIpc) is 2.72. The summed E-state index contributed by atoms with van der Waals surface area (Å²) in [6.07, 6.45) is -4.79. The van der Waals surface area contributed by atoms with Gasteiger partial charge in [-0.2, -0.15) is 25.8 Å². The van der Waals surface area contributed by atoms with Gasteiger partial charge in [0.25, 0.3) is 0 Å². The second-order valence-corrected chi connectivity index (χ2v) is 7.80. The summed E-state index contributed by atoms with van der Waals surface area (Å²) in [6, 6.07) is -0.559. The molecule has 0 heterocycles. The average molecular weight is 511 g/mol. The largest absolute Gasteiger partial charge is 0.467 e.